The summed E-state index contributed by atoms with van der Waals surface area (Å²) in [7, 11) is 1.27. The van der Waals surface area contributed by atoms with Crippen LogP contribution in [0.15, 0.2) is 75.0 Å². The van der Waals surface area contributed by atoms with Crippen molar-refractivity contribution < 1.29 is 18.3 Å². The number of carbonyl (C=O) groups is 1. The number of benzene rings is 2. The Bertz CT molecular complexity index is 1270. The van der Waals surface area contributed by atoms with E-state index in [9.17, 15) is 14.0 Å². The maximum absolute atomic E-state index is 14.5. The number of thioether (sulfide) groups is 1. The zero-order valence-corrected chi connectivity index (χ0v) is 16.1. The Kier molecular flexibility index (Phi) is 5.18. The molecule has 0 aliphatic carbocycles. The number of fused-ring (bicyclic) bond motifs is 1. The van der Waals surface area contributed by atoms with E-state index in [-0.39, 0.29) is 22.8 Å². The fourth-order valence-corrected chi connectivity index (χ4v) is 3.76. The topological polar surface area (TPSA) is 74.3 Å². The molecule has 146 valence electrons. The normalized spacial score (nSPS) is 11.0. The van der Waals surface area contributed by atoms with Gasteiger partial charge < -0.3 is 9.15 Å². The number of furan rings is 1. The molecule has 2 heterocycles. The molecule has 2 aromatic heterocycles. The van der Waals surface area contributed by atoms with E-state index in [0.29, 0.717) is 21.8 Å². The number of methoxy groups -OCH3 is 1. The summed E-state index contributed by atoms with van der Waals surface area (Å²) in [5, 5.41) is 0.709. The van der Waals surface area contributed by atoms with E-state index in [1.165, 1.54) is 41.6 Å². The highest BCUT2D eigenvalue weighted by Gasteiger charge is 2.17. The van der Waals surface area contributed by atoms with Gasteiger partial charge in [-0.05, 0) is 36.4 Å². The van der Waals surface area contributed by atoms with E-state index in [2.05, 4.69) is 9.72 Å². The molecule has 0 atom stereocenters. The van der Waals surface area contributed by atoms with Crippen LogP contribution in [0.25, 0.3) is 16.6 Å². The van der Waals surface area contributed by atoms with Gasteiger partial charge in [-0.1, -0.05) is 36.0 Å². The van der Waals surface area contributed by atoms with Gasteiger partial charge in [0, 0.05) is 0 Å². The minimum absolute atomic E-state index is 0.0843. The SMILES string of the molecule is COC(=O)c1ccc(CSc2nc3ccccc3c(=O)n2-c2ccccc2F)o1. The van der Waals surface area contributed by atoms with Gasteiger partial charge in [-0.3, -0.25) is 9.36 Å². The third-order valence-electron chi connectivity index (χ3n) is 4.23. The predicted molar refractivity (Wildman–Crippen MR) is 107 cm³/mol. The first-order chi connectivity index (χ1) is 14.1. The molecular weight excluding hydrogens is 395 g/mol. The minimum atomic E-state index is -0.576. The van der Waals surface area contributed by atoms with Crippen molar-refractivity contribution >= 4 is 28.6 Å². The van der Waals surface area contributed by atoms with Crippen molar-refractivity contribution in [2.24, 2.45) is 0 Å². The summed E-state index contributed by atoms with van der Waals surface area (Å²) in [6.07, 6.45) is 0. The van der Waals surface area contributed by atoms with Gasteiger partial charge in [0.05, 0.1) is 29.5 Å². The maximum Gasteiger partial charge on any atom is 0.373 e. The molecule has 0 N–H and O–H groups in total. The molecule has 8 heteroatoms. The quantitative estimate of drug-likeness (QED) is 0.279. The molecule has 0 aliphatic rings. The van der Waals surface area contributed by atoms with E-state index in [1.54, 1.807) is 42.5 Å². The molecule has 0 radical (unpaired) electrons. The lowest BCUT2D eigenvalue weighted by atomic mass is 10.2. The number of aromatic nitrogens is 2. The molecule has 0 aliphatic heterocycles. The minimum Gasteiger partial charge on any atom is -0.463 e. The Morgan fingerprint density at radius 3 is 2.69 bits per heavy atom. The summed E-state index contributed by atoms with van der Waals surface area (Å²) in [5.74, 6) is -0.234. The average molecular weight is 410 g/mol. The number of hydrogen-bond donors (Lipinski definition) is 0. The average Bonchev–Trinajstić information content (AvgIpc) is 3.22. The Morgan fingerprint density at radius 2 is 1.90 bits per heavy atom. The number of halogens is 1. The van der Waals surface area contributed by atoms with Gasteiger partial charge in [-0.25, -0.2) is 14.2 Å². The Hall–Kier alpha value is -3.39. The number of esters is 1. The number of carbonyl (C=O) groups excluding carboxylic acids is 1. The van der Waals surface area contributed by atoms with Crippen LogP contribution in [0, 0.1) is 5.82 Å². The number of para-hydroxylation sites is 2. The molecule has 29 heavy (non-hydrogen) atoms. The van der Waals surface area contributed by atoms with Crippen LogP contribution in [0.5, 0.6) is 0 Å². The first-order valence-corrected chi connectivity index (χ1v) is 9.63. The third-order valence-corrected chi connectivity index (χ3v) is 5.19. The van der Waals surface area contributed by atoms with Crippen LogP contribution in [0.1, 0.15) is 16.3 Å². The lowest BCUT2D eigenvalue weighted by Crippen LogP contribution is -2.22. The molecule has 4 aromatic rings. The second-order valence-electron chi connectivity index (χ2n) is 6.05. The van der Waals surface area contributed by atoms with E-state index < -0.39 is 11.8 Å². The standard InChI is InChI=1S/C21H15FN2O4S/c1-27-20(26)18-11-10-13(28-18)12-29-21-23-16-8-4-2-6-14(16)19(25)24(21)17-9-5-3-7-15(17)22/h2-11H,12H2,1H3. The first kappa shape index (κ1) is 18.9. The summed E-state index contributed by atoms with van der Waals surface area (Å²) in [6, 6.07) is 16.1. The molecule has 0 unspecified atom stereocenters. The largest absolute Gasteiger partial charge is 0.463 e. The Labute approximate surface area is 168 Å². The van der Waals surface area contributed by atoms with Crippen molar-refractivity contribution in [1.82, 2.24) is 9.55 Å². The van der Waals surface area contributed by atoms with Gasteiger partial charge in [0.1, 0.15) is 11.6 Å². The zero-order valence-electron chi connectivity index (χ0n) is 15.3. The van der Waals surface area contributed by atoms with Crippen molar-refractivity contribution in [2.45, 2.75) is 10.9 Å². The smallest absolute Gasteiger partial charge is 0.373 e. The molecule has 0 spiro atoms. The molecule has 0 amide bonds. The highest BCUT2D eigenvalue weighted by Crippen LogP contribution is 2.26. The molecule has 0 fully saturated rings. The van der Waals surface area contributed by atoms with Gasteiger partial charge in [-0.2, -0.15) is 0 Å². The van der Waals surface area contributed by atoms with Crippen LogP contribution in [0.2, 0.25) is 0 Å². The van der Waals surface area contributed by atoms with Crippen molar-refractivity contribution in [3.8, 4) is 5.69 Å². The van der Waals surface area contributed by atoms with Gasteiger partial charge in [0.2, 0.25) is 5.76 Å². The molecule has 0 bridgehead atoms. The fourth-order valence-electron chi connectivity index (χ4n) is 2.86. The molecule has 4 rings (SSSR count). The number of rotatable bonds is 5. The van der Waals surface area contributed by atoms with Crippen LogP contribution >= 0.6 is 11.8 Å². The number of hydrogen-bond acceptors (Lipinski definition) is 6. The molecule has 0 saturated heterocycles. The highest BCUT2D eigenvalue weighted by atomic mass is 32.2. The Balaban J connectivity index is 1.78. The summed E-state index contributed by atoms with van der Waals surface area (Å²) < 4.78 is 25.8. The van der Waals surface area contributed by atoms with E-state index in [1.807, 2.05) is 0 Å². The van der Waals surface area contributed by atoms with Crippen LogP contribution in [-0.2, 0) is 10.5 Å². The van der Waals surface area contributed by atoms with Gasteiger partial charge in [0.25, 0.3) is 5.56 Å². The molecule has 2 aromatic carbocycles. The monoisotopic (exact) mass is 410 g/mol. The molecule has 0 saturated carbocycles. The third kappa shape index (κ3) is 3.66. The van der Waals surface area contributed by atoms with E-state index >= 15 is 0 Å². The van der Waals surface area contributed by atoms with Gasteiger partial charge >= 0.3 is 5.97 Å². The van der Waals surface area contributed by atoms with E-state index in [0.717, 1.165) is 0 Å². The molecular formula is C21H15FN2O4S. The van der Waals surface area contributed by atoms with Crippen LogP contribution in [0.4, 0.5) is 4.39 Å². The summed E-state index contributed by atoms with van der Waals surface area (Å²) >= 11 is 1.20. The molecule has 6 nitrogen and oxygen atoms in total. The van der Waals surface area contributed by atoms with Gasteiger partial charge in [0.15, 0.2) is 5.16 Å². The van der Waals surface area contributed by atoms with Crippen molar-refractivity contribution in [3.05, 3.63) is 88.4 Å². The second kappa shape index (κ2) is 7.92. The number of ether oxygens (including phenoxy) is 1. The van der Waals surface area contributed by atoms with Crippen molar-refractivity contribution in [3.63, 3.8) is 0 Å². The number of nitrogens with zero attached hydrogens (tertiary/aromatic N) is 2. The predicted octanol–water partition coefficient (Wildman–Crippen LogP) is 4.20. The lowest BCUT2D eigenvalue weighted by molar-refractivity contribution is 0.0563. The zero-order chi connectivity index (χ0) is 20.4. The highest BCUT2D eigenvalue weighted by molar-refractivity contribution is 7.98. The van der Waals surface area contributed by atoms with Crippen LogP contribution < -0.4 is 5.56 Å². The van der Waals surface area contributed by atoms with E-state index in [4.69, 9.17) is 4.42 Å². The fraction of sp³-hybridized carbons (Fsp3) is 0.0952. The lowest BCUT2D eigenvalue weighted by Gasteiger charge is -2.13. The van der Waals surface area contributed by atoms with Crippen LogP contribution in [-0.4, -0.2) is 22.6 Å². The first-order valence-electron chi connectivity index (χ1n) is 8.65. The maximum atomic E-state index is 14.5. The summed E-state index contributed by atoms with van der Waals surface area (Å²) in [6.45, 7) is 0. The summed E-state index contributed by atoms with van der Waals surface area (Å²) in [4.78, 5) is 29.2. The van der Waals surface area contributed by atoms with Crippen molar-refractivity contribution in [2.75, 3.05) is 7.11 Å². The van der Waals surface area contributed by atoms with Crippen LogP contribution in [0.3, 0.4) is 0 Å². The van der Waals surface area contributed by atoms with Gasteiger partial charge in [-0.15, -0.1) is 0 Å². The Morgan fingerprint density at radius 1 is 1.14 bits per heavy atom. The second-order valence-corrected chi connectivity index (χ2v) is 6.99. The summed E-state index contributed by atoms with van der Waals surface area (Å²) in [5.41, 5.74) is 0.271. The van der Waals surface area contributed by atoms with Crippen molar-refractivity contribution in [1.29, 1.82) is 0 Å².